The SMILES string of the molecule is CCN(c1ccc(C(=O)NCCCN(C)C)nn1)C1CCS(=O)(=O)C1. The Hall–Kier alpha value is -1.74. The second-order valence-electron chi connectivity index (χ2n) is 6.53. The van der Waals surface area contributed by atoms with Crippen LogP contribution in [0.2, 0.25) is 0 Å². The van der Waals surface area contributed by atoms with Crippen LogP contribution in [-0.4, -0.2) is 80.7 Å². The second kappa shape index (κ2) is 8.57. The van der Waals surface area contributed by atoms with Crippen molar-refractivity contribution in [3.63, 3.8) is 0 Å². The highest BCUT2D eigenvalue weighted by molar-refractivity contribution is 7.91. The smallest absolute Gasteiger partial charge is 0.271 e. The van der Waals surface area contributed by atoms with Crippen molar-refractivity contribution in [3.8, 4) is 0 Å². The molecular weight excluding hydrogens is 342 g/mol. The first-order chi connectivity index (χ1) is 11.8. The molecule has 2 heterocycles. The molecule has 25 heavy (non-hydrogen) atoms. The molecule has 0 spiro atoms. The van der Waals surface area contributed by atoms with Gasteiger partial charge in [0.05, 0.1) is 11.5 Å². The van der Waals surface area contributed by atoms with Crippen LogP contribution in [0.5, 0.6) is 0 Å². The number of carbonyl (C=O) groups excluding carboxylic acids is 1. The van der Waals surface area contributed by atoms with Gasteiger partial charge < -0.3 is 15.1 Å². The Bertz CT molecular complexity index is 676. The number of nitrogens with zero attached hydrogens (tertiary/aromatic N) is 4. The van der Waals surface area contributed by atoms with E-state index in [0.717, 1.165) is 13.0 Å². The Labute approximate surface area is 149 Å². The number of carbonyl (C=O) groups is 1. The van der Waals surface area contributed by atoms with Crippen molar-refractivity contribution < 1.29 is 13.2 Å². The predicted octanol–water partition coefficient (Wildman–Crippen LogP) is 0.172. The zero-order chi connectivity index (χ0) is 18.4. The molecule has 9 heteroatoms. The molecule has 1 aromatic rings. The van der Waals surface area contributed by atoms with E-state index in [9.17, 15) is 13.2 Å². The van der Waals surface area contributed by atoms with Crippen LogP contribution in [0.15, 0.2) is 12.1 Å². The Morgan fingerprint density at radius 3 is 2.60 bits per heavy atom. The molecule has 0 aromatic carbocycles. The van der Waals surface area contributed by atoms with Crippen LogP contribution in [0, 0.1) is 0 Å². The molecule has 0 radical (unpaired) electrons. The largest absolute Gasteiger partial charge is 0.351 e. The van der Waals surface area contributed by atoms with Crippen LogP contribution in [-0.2, 0) is 9.84 Å². The van der Waals surface area contributed by atoms with Crippen LogP contribution in [0.3, 0.4) is 0 Å². The van der Waals surface area contributed by atoms with Gasteiger partial charge >= 0.3 is 0 Å². The molecule has 1 fully saturated rings. The molecule has 1 unspecified atom stereocenters. The molecule has 2 rings (SSSR count). The van der Waals surface area contributed by atoms with Crippen molar-refractivity contribution in [1.29, 1.82) is 0 Å². The summed E-state index contributed by atoms with van der Waals surface area (Å²) in [5, 5.41) is 11.0. The number of hydrogen-bond donors (Lipinski definition) is 1. The predicted molar refractivity (Wildman–Crippen MR) is 97.6 cm³/mol. The van der Waals surface area contributed by atoms with Gasteiger partial charge in [-0.15, -0.1) is 10.2 Å². The first-order valence-electron chi connectivity index (χ1n) is 8.56. The van der Waals surface area contributed by atoms with Gasteiger partial charge in [0, 0.05) is 19.1 Å². The van der Waals surface area contributed by atoms with E-state index in [1.165, 1.54) is 0 Å². The van der Waals surface area contributed by atoms with E-state index in [2.05, 4.69) is 20.4 Å². The van der Waals surface area contributed by atoms with E-state index in [0.29, 0.717) is 25.3 Å². The van der Waals surface area contributed by atoms with E-state index >= 15 is 0 Å². The van der Waals surface area contributed by atoms with Crippen LogP contribution >= 0.6 is 0 Å². The molecule has 0 saturated carbocycles. The number of sulfone groups is 1. The Morgan fingerprint density at radius 2 is 2.08 bits per heavy atom. The first kappa shape index (κ1) is 19.6. The van der Waals surface area contributed by atoms with E-state index in [1.54, 1.807) is 12.1 Å². The average Bonchev–Trinajstić information content (AvgIpc) is 2.92. The highest BCUT2D eigenvalue weighted by atomic mass is 32.2. The molecule has 1 atom stereocenters. The molecule has 8 nitrogen and oxygen atoms in total. The van der Waals surface area contributed by atoms with E-state index in [-0.39, 0.29) is 29.1 Å². The minimum atomic E-state index is -2.96. The third-order valence-electron chi connectivity index (χ3n) is 4.23. The molecule has 1 aliphatic rings. The van der Waals surface area contributed by atoms with Crippen molar-refractivity contribution >= 4 is 21.6 Å². The minimum Gasteiger partial charge on any atom is -0.351 e. The van der Waals surface area contributed by atoms with Gasteiger partial charge in [-0.05, 0) is 52.5 Å². The second-order valence-corrected chi connectivity index (χ2v) is 8.76. The average molecular weight is 369 g/mol. The number of hydrogen-bond acceptors (Lipinski definition) is 7. The van der Waals surface area contributed by atoms with Crippen molar-refractivity contribution in [1.82, 2.24) is 20.4 Å². The molecule has 1 aliphatic heterocycles. The van der Waals surface area contributed by atoms with Crippen molar-refractivity contribution in [2.45, 2.75) is 25.8 Å². The Morgan fingerprint density at radius 1 is 1.32 bits per heavy atom. The molecule has 1 saturated heterocycles. The van der Waals surface area contributed by atoms with Crippen molar-refractivity contribution in [2.24, 2.45) is 0 Å². The normalized spacial score (nSPS) is 19.1. The zero-order valence-electron chi connectivity index (χ0n) is 15.1. The maximum absolute atomic E-state index is 12.1. The van der Waals surface area contributed by atoms with Gasteiger partial charge in [-0.25, -0.2) is 8.42 Å². The van der Waals surface area contributed by atoms with Gasteiger partial charge in [0.2, 0.25) is 0 Å². The van der Waals surface area contributed by atoms with Crippen LogP contribution in [0.4, 0.5) is 5.82 Å². The van der Waals surface area contributed by atoms with Crippen LogP contribution < -0.4 is 10.2 Å². The fourth-order valence-corrected chi connectivity index (χ4v) is 4.65. The minimum absolute atomic E-state index is 0.0741. The van der Waals surface area contributed by atoms with Crippen LogP contribution in [0.1, 0.15) is 30.3 Å². The van der Waals surface area contributed by atoms with Gasteiger partial charge in [0.25, 0.3) is 5.91 Å². The molecular formula is C16H27N5O3S. The third kappa shape index (κ3) is 5.64. The summed E-state index contributed by atoms with van der Waals surface area (Å²) < 4.78 is 23.4. The van der Waals surface area contributed by atoms with Crippen LogP contribution in [0.25, 0.3) is 0 Å². The molecule has 140 valence electrons. The monoisotopic (exact) mass is 369 g/mol. The first-order valence-corrected chi connectivity index (χ1v) is 10.4. The van der Waals surface area contributed by atoms with E-state index in [1.807, 2.05) is 25.9 Å². The third-order valence-corrected chi connectivity index (χ3v) is 5.99. The summed E-state index contributed by atoms with van der Waals surface area (Å²) in [6.07, 6.45) is 1.47. The van der Waals surface area contributed by atoms with Gasteiger partial charge in [0.1, 0.15) is 0 Å². The fraction of sp³-hybridized carbons (Fsp3) is 0.688. The molecule has 0 aliphatic carbocycles. The Balaban J connectivity index is 1.95. The number of nitrogens with one attached hydrogen (secondary N) is 1. The summed E-state index contributed by atoms with van der Waals surface area (Å²) in [4.78, 5) is 16.1. The number of amides is 1. The summed E-state index contributed by atoms with van der Waals surface area (Å²) in [6.45, 7) is 4.09. The summed E-state index contributed by atoms with van der Waals surface area (Å²) in [6, 6.07) is 3.29. The van der Waals surface area contributed by atoms with E-state index < -0.39 is 9.84 Å². The molecule has 1 amide bonds. The van der Waals surface area contributed by atoms with Gasteiger partial charge in [-0.2, -0.15) is 0 Å². The van der Waals surface area contributed by atoms with Gasteiger partial charge in [-0.1, -0.05) is 0 Å². The lowest BCUT2D eigenvalue weighted by Crippen LogP contribution is -2.37. The highest BCUT2D eigenvalue weighted by Gasteiger charge is 2.32. The quantitative estimate of drug-likeness (QED) is 0.653. The van der Waals surface area contributed by atoms with Crippen molar-refractivity contribution in [2.75, 3.05) is 50.1 Å². The molecule has 1 N–H and O–H groups in total. The highest BCUT2D eigenvalue weighted by Crippen LogP contribution is 2.22. The number of anilines is 1. The number of rotatable bonds is 8. The zero-order valence-corrected chi connectivity index (χ0v) is 15.9. The lowest BCUT2D eigenvalue weighted by Gasteiger charge is -2.27. The topological polar surface area (TPSA) is 95.5 Å². The fourth-order valence-electron chi connectivity index (χ4n) is 2.92. The Kier molecular flexibility index (Phi) is 6.71. The summed E-state index contributed by atoms with van der Waals surface area (Å²) >= 11 is 0. The van der Waals surface area contributed by atoms with Gasteiger partial charge in [0.15, 0.2) is 21.3 Å². The standard InChI is InChI=1S/C16H27N5O3S/c1-4-21(13-8-11-25(23,24)12-13)15-7-6-14(18-19-15)16(22)17-9-5-10-20(2)3/h6-7,13H,4-5,8-12H2,1-3H3,(H,17,22). The summed E-state index contributed by atoms with van der Waals surface area (Å²) in [7, 11) is 1.02. The molecule has 1 aromatic heterocycles. The van der Waals surface area contributed by atoms with Crippen molar-refractivity contribution in [3.05, 3.63) is 17.8 Å². The lowest BCUT2D eigenvalue weighted by atomic mass is 10.2. The summed E-state index contributed by atoms with van der Waals surface area (Å²) in [5.74, 6) is 0.726. The lowest BCUT2D eigenvalue weighted by molar-refractivity contribution is 0.0946. The summed E-state index contributed by atoms with van der Waals surface area (Å²) in [5.41, 5.74) is 0.267. The van der Waals surface area contributed by atoms with Gasteiger partial charge in [-0.3, -0.25) is 4.79 Å². The maximum Gasteiger partial charge on any atom is 0.271 e. The molecule has 0 bridgehead atoms. The van der Waals surface area contributed by atoms with E-state index in [4.69, 9.17) is 0 Å². The maximum atomic E-state index is 12.1. The number of aromatic nitrogens is 2.